The SMILES string of the molecule is COc1cc(C)ccc1CN=C(N)Nc1ccccc1OC. The van der Waals surface area contributed by atoms with Crippen molar-refractivity contribution in [1.82, 2.24) is 0 Å². The molecular formula is C17H21N3O2. The smallest absolute Gasteiger partial charge is 0.193 e. The van der Waals surface area contributed by atoms with Gasteiger partial charge in [0.2, 0.25) is 0 Å². The minimum absolute atomic E-state index is 0.326. The Hall–Kier alpha value is -2.69. The van der Waals surface area contributed by atoms with Gasteiger partial charge in [0.25, 0.3) is 0 Å². The van der Waals surface area contributed by atoms with Crippen LogP contribution in [0.5, 0.6) is 11.5 Å². The number of para-hydroxylation sites is 2. The number of nitrogens with two attached hydrogens (primary N) is 1. The molecule has 2 rings (SSSR count). The van der Waals surface area contributed by atoms with Gasteiger partial charge >= 0.3 is 0 Å². The average Bonchev–Trinajstić information content (AvgIpc) is 2.54. The van der Waals surface area contributed by atoms with E-state index in [1.54, 1.807) is 14.2 Å². The van der Waals surface area contributed by atoms with E-state index in [9.17, 15) is 0 Å². The lowest BCUT2D eigenvalue weighted by molar-refractivity contribution is 0.409. The van der Waals surface area contributed by atoms with Gasteiger partial charge in [0.05, 0.1) is 26.5 Å². The molecule has 0 aliphatic heterocycles. The Balaban J connectivity index is 2.10. The number of nitrogens with zero attached hydrogens (tertiary/aromatic N) is 1. The van der Waals surface area contributed by atoms with E-state index in [0.717, 1.165) is 22.6 Å². The maximum Gasteiger partial charge on any atom is 0.193 e. The number of guanidine groups is 1. The van der Waals surface area contributed by atoms with Gasteiger partial charge in [0.15, 0.2) is 5.96 Å². The molecule has 5 heteroatoms. The molecule has 0 unspecified atom stereocenters. The molecule has 0 saturated carbocycles. The molecule has 116 valence electrons. The van der Waals surface area contributed by atoms with Crippen LogP contribution in [0.25, 0.3) is 0 Å². The zero-order valence-corrected chi connectivity index (χ0v) is 13.1. The zero-order chi connectivity index (χ0) is 15.9. The van der Waals surface area contributed by atoms with Gasteiger partial charge < -0.3 is 20.5 Å². The molecule has 0 aromatic heterocycles. The fourth-order valence-corrected chi connectivity index (χ4v) is 2.08. The summed E-state index contributed by atoms with van der Waals surface area (Å²) in [6.45, 7) is 2.46. The van der Waals surface area contributed by atoms with Crippen molar-refractivity contribution in [3.05, 3.63) is 53.6 Å². The predicted octanol–water partition coefficient (Wildman–Crippen LogP) is 2.94. The second-order valence-electron chi connectivity index (χ2n) is 4.84. The number of hydrogen-bond donors (Lipinski definition) is 2. The molecule has 2 aromatic rings. The lowest BCUT2D eigenvalue weighted by Gasteiger charge is -2.11. The Bertz CT molecular complexity index is 669. The summed E-state index contributed by atoms with van der Waals surface area (Å²) in [7, 11) is 3.27. The lowest BCUT2D eigenvalue weighted by Crippen LogP contribution is -2.23. The Labute approximate surface area is 130 Å². The summed E-state index contributed by atoms with van der Waals surface area (Å²) in [5.41, 5.74) is 8.85. The van der Waals surface area contributed by atoms with E-state index in [4.69, 9.17) is 15.2 Å². The molecule has 0 heterocycles. The first-order chi connectivity index (χ1) is 10.6. The van der Waals surface area contributed by atoms with Crippen LogP contribution in [0.1, 0.15) is 11.1 Å². The highest BCUT2D eigenvalue weighted by Crippen LogP contribution is 2.23. The van der Waals surface area contributed by atoms with Crippen LogP contribution < -0.4 is 20.5 Å². The van der Waals surface area contributed by atoms with Crippen molar-refractivity contribution in [3.63, 3.8) is 0 Å². The van der Waals surface area contributed by atoms with Gasteiger partial charge in [-0.05, 0) is 30.7 Å². The number of methoxy groups -OCH3 is 2. The van der Waals surface area contributed by atoms with Crippen molar-refractivity contribution >= 4 is 11.6 Å². The van der Waals surface area contributed by atoms with E-state index in [1.165, 1.54) is 0 Å². The van der Waals surface area contributed by atoms with Crippen LogP contribution in [-0.2, 0) is 6.54 Å². The topological polar surface area (TPSA) is 68.9 Å². The number of benzene rings is 2. The molecule has 0 saturated heterocycles. The van der Waals surface area contributed by atoms with Gasteiger partial charge in [0, 0.05) is 5.56 Å². The molecule has 0 aliphatic carbocycles. The molecule has 0 spiro atoms. The van der Waals surface area contributed by atoms with E-state index in [1.807, 2.05) is 49.4 Å². The summed E-state index contributed by atoms with van der Waals surface area (Å²) in [5, 5.41) is 3.04. The van der Waals surface area contributed by atoms with E-state index in [2.05, 4.69) is 10.3 Å². The fourth-order valence-electron chi connectivity index (χ4n) is 2.08. The van der Waals surface area contributed by atoms with Crippen molar-refractivity contribution in [3.8, 4) is 11.5 Å². The highest BCUT2D eigenvalue weighted by atomic mass is 16.5. The van der Waals surface area contributed by atoms with Crippen LogP contribution in [0.15, 0.2) is 47.5 Å². The number of ether oxygens (including phenoxy) is 2. The highest BCUT2D eigenvalue weighted by molar-refractivity contribution is 5.93. The molecule has 0 radical (unpaired) electrons. The highest BCUT2D eigenvalue weighted by Gasteiger charge is 2.04. The number of nitrogens with one attached hydrogen (secondary N) is 1. The lowest BCUT2D eigenvalue weighted by atomic mass is 10.1. The molecule has 22 heavy (non-hydrogen) atoms. The quantitative estimate of drug-likeness (QED) is 0.658. The second kappa shape index (κ2) is 7.36. The molecule has 3 N–H and O–H groups in total. The van der Waals surface area contributed by atoms with Crippen LogP contribution in [0.2, 0.25) is 0 Å². The average molecular weight is 299 g/mol. The second-order valence-corrected chi connectivity index (χ2v) is 4.84. The summed E-state index contributed by atoms with van der Waals surface area (Å²) >= 11 is 0. The van der Waals surface area contributed by atoms with Gasteiger partial charge in [-0.25, -0.2) is 4.99 Å². The molecule has 0 atom stereocenters. The molecule has 0 amide bonds. The van der Waals surface area contributed by atoms with Crippen LogP contribution >= 0.6 is 0 Å². The summed E-state index contributed by atoms with van der Waals surface area (Å²) in [6.07, 6.45) is 0. The molecule has 2 aromatic carbocycles. The predicted molar refractivity (Wildman–Crippen MR) is 89.7 cm³/mol. The maximum atomic E-state index is 5.94. The van der Waals surface area contributed by atoms with Crippen LogP contribution in [0.4, 0.5) is 5.69 Å². The number of aryl methyl sites for hydroxylation is 1. The van der Waals surface area contributed by atoms with Crippen molar-refractivity contribution < 1.29 is 9.47 Å². The van der Waals surface area contributed by atoms with Gasteiger partial charge in [-0.3, -0.25) is 0 Å². The standard InChI is InChI=1S/C17H21N3O2/c1-12-8-9-13(16(10-12)22-3)11-19-17(18)20-14-6-4-5-7-15(14)21-2/h4-10H,11H2,1-3H3,(H3,18,19,20). The van der Waals surface area contributed by atoms with E-state index in [0.29, 0.717) is 18.3 Å². The van der Waals surface area contributed by atoms with Crippen molar-refractivity contribution in [1.29, 1.82) is 0 Å². The minimum atomic E-state index is 0.326. The third-order valence-electron chi connectivity index (χ3n) is 3.23. The van der Waals surface area contributed by atoms with Crippen LogP contribution in [0.3, 0.4) is 0 Å². The minimum Gasteiger partial charge on any atom is -0.496 e. The summed E-state index contributed by atoms with van der Waals surface area (Å²) in [6, 6.07) is 13.5. The normalized spacial score (nSPS) is 11.1. The van der Waals surface area contributed by atoms with E-state index >= 15 is 0 Å². The van der Waals surface area contributed by atoms with Crippen LogP contribution in [-0.4, -0.2) is 20.2 Å². The van der Waals surface area contributed by atoms with Crippen molar-refractivity contribution in [2.75, 3.05) is 19.5 Å². The summed E-state index contributed by atoms with van der Waals surface area (Å²) in [5.74, 6) is 1.86. The maximum absolute atomic E-state index is 5.94. The Morgan fingerprint density at radius 2 is 1.82 bits per heavy atom. The van der Waals surface area contributed by atoms with E-state index < -0.39 is 0 Å². The first kappa shape index (κ1) is 15.7. The number of aliphatic imine (C=N–C) groups is 1. The third kappa shape index (κ3) is 3.91. The first-order valence-electron chi connectivity index (χ1n) is 6.97. The molecule has 0 bridgehead atoms. The molecular weight excluding hydrogens is 278 g/mol. The fraction of sp³-hybridized carbons (Fsp3) is 0.235. The first-order valence-corrected chi connectivity index (χ1v) is 6.97. The Kier molecular flexibility index (Phi) is 5.25. The number of rotatable bonds is 5. The summed E-state index contributed by atoms with van der Waals surface area (Å²) in [4.78, 5) is 4.35. The summed E-state index contributed by atoms with van der Waals surface area (Å²) < 4.78 is 10.6. The van der Waals surface area contributed by atoms with Crippen molar-refractivity contribution in [2.45, 2.75) is 13.5 Å². The zero-order valence-electron chi connectivity index (χ0n) is 13.1. The van der Waals surface area contributed by atoms with Crippen LogP contribution in [0, 0.1) is 6.92 Å². The third-order valence-corrected chi connectivity index (χ3v) is 3.23. The molecule has 0 aliphatic rings. The molecule has 5 nitrogen and oxygen atoms in total. The van der Waals surface area contributed by atoms with Crippen molar-refractivity contribution in [2.24, 2.45) is 10.7 Å². The number of hydrogen-bond acceptors (Lipinski definition) is 3. The van der Waals surface area contributed by atoms with Gasteiger partial charge in [-0.15, -0.1) is 0 Å². The van der Waals surface area contributed by atoms with Gasteiger partial charge in [0.1, 0.15) is 11.5 Å². The largest absolute Gasteiger partial charge is 0.496 e. The number of anilines is 1. The van der Waals surface area contributed by atoms with E-state index in [-0.39, 0.29) is 0 Å². The Morgan fingerprint density at radius 3 is 2.55 bits per heavy atom. The monoisotopic (exact) mass is 299 g/mol. The van der Waals surface area contributed by atoms with Gasteiger partial charge in [-0.2, -0.15) is 0 Å². The van der Waals surface area contributed by atoms with Gasteiger partial charge in [-0.1, -0.05) is 24.3 Å². The Morgan fingerprint density at radius 1 is 1.09 bits per heavy atom. The molecule has 0 fully saturated rings.